The number of nitrogens with two attached hydrogens (primary N) is 1. The van der Waals surface area contributed by atoms with E-state index in [0.29, 0.717) is 37.6 Å². The van der Waals surface area contributed by atoms with Crippen LogP contribution in [0.4, 0.5) is 5.69 Å². The van der Waals surface area contributed by atoms with Crippen molar-refractivity contribution in [1.29, 1.82) is 10.5 Å². The lowest BCUT2D eigenvalue weighted by Gasteiger charge is -2.31. The van der Waals surface area contributed by atoms with Gasteiger partial charge in [0.05, 0.1) is 34.9 Å². The maximum Gasteiger partial charge on any atom is 0.123 e. The predicted octanol–water partition coefficient (Wildman–Crippen LogP) is 5.13. The minimum absolute atomic E-state index is 0.298. The highest BCUT2D eigenvalue weighted by atomic mass is 35.5. The van der Waals surface area contributed by atoms with Gasteiger partial charge >= 0.3 is 0 Å². The quantitative estimate of drug-likeness (QED) is 0.722. The van der Waals surface area contributed by atoms with E-state index in [1.807, 2.05) is 24.3 Å². The lowest BCUT2D eigenvalue weighted by molar-refractivity contribution is 0.884. The van der Waals surface area contributed by atoms with Crippen LogP contribution in [0.3, 0.4) is 0 Å². The number of nitriles is 2. The first-order chi connectivity index (χ1) is 12.6. The Kier molecular flexibility index (Phi) is 4.09. The van der Waals surface area contributed by atoms with E-state index in [1.165, 1.54) is 11.8 Å². The standard InChI is InChI=1S/C19H10Cl2N4S/c20-10-5-6-11(14(21)7-10)17-12(8-22)18(24)25-15-3-1-2-4-16(15)26-19(25)13(17)9-23/h1-7,17H,24H2/t17-/m1/s1. The van der Waals surface area contributed by atoms with Crippen LogP contribution in [0.1, 0.15) is 11.5 Å². The van der Waals surface area contributed by atoms with Gasteiger partial charge < -0.3 is 5.73 Å². The summed E-state index contributed by atoms with van der Waals surface area (Å²) in [4.78, 5) is 2.76. The number of nitrogens with zero attached hydrogens (tertiary/aromatic N) is 3. The fraction of sp³-hybridized carbons (Fsp3) is 0.0526. The molecule has 2 aliphatic heterocycles. The summed E-state index contributed by atoms with van der Waals surface area (Å²) in [6.45, 7) is 0. The Balaban J connectivity index is 1.99. The average Bonchev–Trinajstić information content (AvgIpc) is 3.01. The number of thioether (sulfide) groups is 1. The van der Waals surface area contributed by atoms with Gasteiger partial charge in [-0.1, -0.05) is 53.2 Å². The lowest BCUT2D eigenvalue weighted by Crippen LogP contribution is -2.32. The molecule has 126 valence electrons. The van der Waals surface area contributed by atoms with E-state index in [9.17, 15) is 10.5 Å². The normalized spacial score (nSPS) is 18.3. The zero-order chi connectivity index (χ0) is 18.4. The van der Waals surface area contributed by atoms with Crippen molar-refractivity contribution in [3.05, 3.63) is 80.1 Å². The van der Waals surface area contributed by atoms with E-state index in [4.69, 9.17) is 28.9 Å². The van der Waals surface area contributed by atoms with E-state index in [1.54, 1.807) is 23.1 Å². The molecule has 0 aromatic heterocycles. The fourth-order valence-corrected chi connectivity index (χ4v) is 4.92. The van der Waals surface area contributed by atoms with Crippen LogP contribution in [0.5, 0.6) is 0 Å². The molecule has 4 nitrogen and oxygen atoms in total. The van der Waals surface area contributed by atoms with Crippen LogP contribution in [0.2, 0.25) is 10.0 Å². The third-order valence-electron chi connectivity index (χ3n) is 4.35. The van der Waals surface area contributed by atoms with Crippen molar-refractivity contribution in [2.45, 2.75) is 10.8 Å². The maximum atomic E-state index is 9.90. The van der Waals surface area contributed by atoms with Crippen LogP contribution >= 0.6 is 35.0 Å². The smallest absolute Gasteiger partial charge is 0.123 e. The number of anilines is 1. The Morgan fingerprint density at radius 2 is 1.77 bits per heavy atom. The Labute approximate surface area is 164 Å². The molecule has 0 aliphatic carbocycles. The number of rotatable bonds is 1. The largest absolute Gasteiger partial charge is 0.384 e. The SMILES string of the molecule is N#CC1=C(N)N2C(=C(C#N)[C@@H]1c1ccc(Cl)cc1Cl)Sc1ccccc12. The second-order valence-electron chi connectivity index (χ2n) is 5.75. The molecule has 0 spiro atoms. The number of hydrogen-bond donors (Lipinski definition) is 1. The number of hydrogen-bond acceptors (Lipinski definition) is 5. The molecule has 2 aromatic carbocycles. The van der Waals surface area contributed by atoms with Gasteiger partial charge in [0.1, 0.15) is 10.9 Å². The van der Waals surface area contributed by atoms with Crippen molar-refractivity contribution in [1.82, 2.24) is 0 Å². The summed E-state index contributed by atoms with van der Waals surface area (Å²) >= 11 is 13.8. The summed E-state index contributed by atoms with van der Waals surface area (Å²) in [7, 11) is 0. The minimum Gasteiger partial charge on any atom is -0.384 e. The van der Waals surface area contributed by atoms with E-state index in [0.717, 1.165) is 10.6 Å². The monoisotopic (exact) mass is 396 g/mol. The molecule has 0 radical (unpaired) electrons. The lowest BCUT2D eigenvalue weighted by atomic mass is 9.83. The fourth-order valence-electron chi connectivity index (χ4n) is 3.22. The molecule has 2 N–H and O–H groups in total. The number of allylic oxidation sites excluding steroid dienone is 2. The van der Waals surface area contributed by atoms with Crippen molar-refractivity contribution in [3.63, 3.8) is 0 Å². The van der Waals surface area contributed by atoms with Gasteiger partial charge in [0.15, 0.2) is 0 Å². The first-order valence-corrected chi connectivity index (χ1v) is 9.20. The van der Waals surface area contributed by atoms with Crippen molar-refractivity contribution in [2.75, 3.05) is 4.90 Å². The molecule has 0 fully saturated rings. The molecule has 1 atom stereocenters. The third kappa shape index (κ3) is 2.37. The summed E-state index contributed by atoms with van der Waals surface area (Å²) < 4.78 is 0. The minimum atomic E-state index is -0.622. The van der Waals surface area contributed by atoms with Crippen molar-refractivity contribution in [2.24, 2.45) is 5.73 Å². The molecule has 2 heterocycles. The molecule has 26 heavy (non-hydrogen) atoms. The molecular weight excluding hydrogens is 387 g/mol. The van der Waals surface area contributed by atoms with Gasteiger partial charge in [0.2, 0.25) is 0 Å². The summed E-state index contributed by atoms with van der Waals surface area (Å²) in [6.07, 6.45) is 0. The molecule has 2 aromatic rings. The Morgan fingerprint density at radius 1 is 1.04 bits per heavy atom. The van der Waals surface area contributed by atoms with Gasteiger partial charge in [-0.2, -0.15) is 10.5 Å². The van der Waals surface area contributed by atoms with Crippen LogP contribution in [0, 0.1) is 22.7 Å². The second kappa shape index (κ2) is 6.30. The van der Waals surface area contributed by atoms with Gasteiger partial charge in [-0.15, -0.1) is 0 Å². The molecule has 0 saturated carbocycles. The first-order valence-electron chi connectivity index (χ1n) is 7.62. The topological polar surface area (TPSA) is 76.8 Å². The number of fused-ring (bicyclic) bond motifs is 3. The van der Waals surface area contributed by atoms with Gasteiger partial charge in [-0.3, -0.25) is 4.90 Å². The second-order valence-corrected chi connectivity index (χ2v) is 7.62. The van der Waals surface area contributed by atoms with Gasteiger partial charge in [-0.05, 0) is 29.8 Å². The van der Waals surface area contributed by atoms with Crippen LogP contribution in [-0.4, -0.2) is 0 Å². The highest BCUT2D eigenvalue weighted by Gasteiger charge is 2.41. The first kappa shape index (κ1) is 16.9. The van der Waals surface area contributed by atoms with Crippen molar-refractivity contribution >= 4 is 40.7 Å². The summed E-state index contributed by atoms with van der Waals surface area (Å²) in [6, 6.07) is 17.2. The van der Waals surface area contributed by atoms with E-state index in [2.05, 4.69) is 12.1 Å². The number of halogens is 2. The van der Waals surface area contributed by atoms with Crippen molar-refractivity contribution in [3.8, 4) is 12.1 Å². The van der Waals surface area contributed by atoms with Crippen LogP contribution in [0.25, 0.3) is 0 Å². The van der Waals surface area contributed by atoms with Crippen LogP contribution in [0.15, 0.2) is 69.4 Å². The predicted molar refractivity (Wildman–Crippen MR) is 103 cm³/mol. The molecule has 7 heteroatoms. The van der Waals surface area contributed by atoms with Gasteiger partial charge in [0, 0.05) is 14.9 Å². The average molecular weight is 397 g/mol. The Hall–Kier alpha value is -2.57. The third-order valence-corrected chi connectivity index (χ3v) is 6.08. The highest BCUT2D eigenvalue weighted by molar-refractivity contribution is 8.03. The molecule has 0 unspecified atom stereocenters. The maximum absolute atomic E-state index is 9.90. The van der Waals surface area contributed by atoms with Crippen molar-refractivity contribution < 1.29 is 0 Å². The van der Waals surface area contributed by atoms with Crippen LogP contribution < -0.4 is 10.6 Å². The van der Waals surface area contributed by atoms with E-state index in [-0.39, 0.29) is 0 Å². The van der Waals surface area contributed by atoms with E-state index >= 15 is 0 Å². The zero-order valence-corrected chi connectivity index (χ0v) is 15.5. The summed E-state index contributed by atoms with van der Waals surface area (Å²) in [5.41, 5.74) is 8.62. The molecule has 0 saturated heterocycles. The van der Waals surface area contributed by atoms with Gasteiger partial charge in [-0.25, -0.2) is 0 Å². The summed E-state index contributed by atoms with van der Waals surface area (Å²) in [5.74, 6) is -0.308. The van der Waals surface area contributed by atoms with Gasteiger partial charge in [0.25, 0.3) is 0 Å². The number of para-hydroxylation sites is 1. The molecular formula is C19H10Cl2N4S. The zero-order valence-electron chi connectivity index (χ0n) is 13.2. The number of benzene rings is 2. The Morgan fingerprint density at radius 3 is 2.46 bits per heavy atom. The van der Waals surface area contributed by atoms with Crippen LogP contribution in [-0.2, 0) is 0 Å². The molecule has 4 rings (SSSR count). The Bertz CT molecular complexity index is 1090. The molecule has 0 bridgehead atoms. The molecule has 2 aliphatic rings. The van der Waals surface area contributed by atoms with E-state index < -0.39 is 5.92 Å². The highest BCUT2D eigenvalue weighted by Crippen LogP contribution is 2.54. The summed E-state index contributed by atoms with van der Waals surface area (Å²) in [5, 5.41) is 21.3. The molecule has 0 amide bonds.